The largest absolute Gasteiger partial charge is 0.355 e. The van der Waals surface area contributed by atoms with Crippen LogP contribution in [0.5, 0.6) is 0 Å². The van der Waals surface area contributed by atoms with Gasteiger partial charge in [0.15, 0.2) is 0 Å². The van der Waals surface area contributed by atoms with Crippen molar-refractivity contribution in [1.82, 2.24) is 14.5 Å². The van der Waals surface area contributed by atoms with E-state index < -0.39 is 28.5 Å². The SMILES string of the molecule is CCNC(=O)[C@@H](Cc1ccccc1)N(Cc1ccccc1)C(=O)CN(C)S(=O)(=O)c1ccc2ccccc2c1. The molecule has 4 rings (SSSR count). The molecule has 0 radical (unpaired) electrons. The molecule has 0 heterocycles. The van der Waals surface area contributed by atoms with Crippen LogP contribution in [0.3, 0.4) is 0 Å². The van der Waals surface area contributed by atoms with Gasteiger partial charge in [-0.3, -0.25) is 9.59 Å². The third kappa shape index (κ3) is 6.90. The maximum Gasteiger partial charge on any atom is 0.243 e. The number of benzene rings is 4. The Hall–Kier alpha value is -4.01. The van der Waals surface area contributed by atoms with E-state index in [-0.39, 0.29) is 17.3 Å². The Kier molecular flexibility index (Phi) is 9.11. The summed E-state index contributed by atoms with van der Waals surface area (Å²) in [6.45, 7) is 1.99. The lowest BCUT2D eigenvalue weighted by Gasteiger charge is -2.32. The zero-order valence-corrected chi connectivity index (χ0v) is 23.0. The predicted octanol–water partition coefficient (Wildman–Crippen LogP) is 4.24. The van der Waals surface area contributed by atoms with E-state index in [4.69, 9.17) is 0 Å². The van der Waals surface area contributed by atoms with Gasteiger partial charge in [0, 0.05) is 26.6 Å². The average Bonchev–Trinajstić information content (AvgIpc) is 2.95. The monoisotopic (exact) mass is 543 g/mol. The van der Waals surface area contributed by atoms with E-state index in [1.165, 1.54) is 11.9 Å². The Morgan fingerprint density at radius 3 is 2.03 bits per heavy atom. The molecule has 4 aromatic rings. The molecule has 0 aliphatic rings. The van der Waals surface area contributed by atoms with Gasteiger partial charge in [0.25, 0.3) is 0 Å². The number of nitrogens with zero attached hydrogens (tertiary/aromatic N) is 2. The van der Waals surface area contributed by atoms with Crippen molar-refractivity contribution in [1.29, 1.82) is 0 Å². The summed E-state index contributed by atoms with van der Waals surface area (Å²) in [5, 5.41) is 4.57. The van der Waals surface area contributed by atoms with Gasteiger partial charge in [-0.15, -0.1) is 0 Å². The van der Waals surface area contributed by atoms with Crippen molar-refractivity contribution in [3.8, 4) is 0 Å². The van der Waals surface area contributed by atoms with E-state index in [1.54, 1.807) is 18.2 Å². The molecule has 39 heavy (non-hydrogen) atoms. The molecule has 0 spiro atoms. The molecule has 0 aliphatic heterocycles. The molecule has 0 saturated heterocycles. The van der Waals surface area contributed by atoms with Gasteiger partial charge in [0.05, 0.1) is 11.4 Å². The lowest BCUT2D eigenvalue weighted by molar-refractivity contribution is -0.141. The molecule has 8 heteroatoms. The fourth-order valence-corrected chi connectivity index (χ4v) is 5.66. The quantitative estimate of drug-likeness (QED) is 0.307. The van der Waals surface area contributed by atoms with Gasteiger partial charge in [-0.2, -0.15) is 4.31 Å². The second kappa shape index (κ2) is 12.7. The van der Waals surface area contributed by atoms with Crippen molar-refractivity contribution >= 4 is 32.6 Å². The second-order valence-electron chi connectivity index (χ2n) is 9.38. The highest BCUT2D eigenvalue weighted by Gasteiger charge is 2.32. The molecule has 0 aliphatic carbocycles. The summed E-state index contributed by atoms with van der Waals surface area (Å²) in [5.74, 6) is -0.747. The van der Waals surface area contributed by atoms with Gasteiger partial charge in [-0.25, -0.2) is 8.42 Å². The number of likely N-dealkylation sites (N-methyl/N-ethyl adjacent to an activating group) is 2. The van der Waals surface area contributed by atoms with Crippen LogP contribution in [-0.2, 0) is 32.6 Å². The van der Waals surface area contributed by atoms with Crippen LogP contribution in [-0.4, -0.2) is 55.6 Å². The second-order valence-corrected chi connectivity index (χ2v) is 11.4. The molecule has 4 aromatic carbocycles. The fraction of sp³-hybridized carbons (Fsp3) is 0.226. The van der Waals surface area contributed by atoms with E-state index in [9.17, 15) is 18.0 Å². The minimum Gasteiger partial charge on any atom is -0.355 e. The van der Waals surface area contributed by atoms with E-state index >= 15 is 0 Å². The summed E-state index contributed by atoms with van der Waals surface area (Å²) in [6, 6.07) is 30.5. The van der Waals surface area contributed by atoms with Crippen LogP contribution in [0.25, 0.3) is 10.8 Å². The van der Waals surface area contributed by atoms with Gasteiger partial charge in [-0.05, 0) is 41.0 Å². The first-order chi connectivity index (χ1) is 18.8. The highest BCUT2D eigenvalue weighted by atomic mass is 32.2. The van der Waals surface area contributed by atoms with E-state index in [0.29, 0.717) is 13.0 Å². The van der Waals surface area contributed by atoms with Crippen molar-refractivity contribution in [3.05, 3.63) is 114 Å². The number of carbonyl (C=O) groups excluding carboxylic acids is 2. The molecule has 2 amide bonds. The molecule has 0 unspecified atom stereocenters. The van der Waals surface area contributed by atoms with Crippen LogP contribution in [0, 0.1) is 0 Å². The number of amides is 2. The Labute approximate surface area is 230 Å². The number of fused-ring (bicyclic) bond motifs is 1. The van der Waals surface area contributed by atoms with Gasteiger partial charge >= 0.3 is 0 Å². The van der Waals surface area contributed by atoms with Crippen LogP contribution in [0.2, 0.25) is 0 Å². The van der Waals surface area contributed by atoms with Gasteiger partial charge in [-0.1, -0.05) is 91.0 Å². The average molecular weight is 544 g/mol. The summed E-state index contributed by atoms with van der Waals surface area (Å²) < 4.78 is 28.0. The Bertz CT molecular complexity index is 1530. The first-order valence-corrected chi connectivity index (χ1v) is 14.3. The van der Waals surface area contributed by atoms with Crippen LogP contribution in [0.1, 0.15) is 18.1 Å². The number of nitrogens with one attached hydrogen (secondary N) is 1. The first-order valence-electron chi connectivity index (χ1n) is 12.9. The Morgan fingerprint density at radius 1 is 0.795 bits per heavy atom. The summed E-state index contributed by atoms with van der Waals surface area (Å²) >= 11 is 0. The number of hydrogen-bond acceptors (Lipinski definition) is 4. The highest BCUT2D eigenvalue weighted by Crippen LogP contribution is 2.22. The van der Waals surface area contributed by atoms with Crippen molar-refractivity contribution in [2.24, 2.45) is 0 Å². The lowest BCUT2D eigenvalue weighted by atomic mass is 10.0. The summed E-state index contributed by atoms with van der Waals surface area (Å²) in [7, 11) is -2.57. The number of carbonyl (C=O) groups is 2. The third-order valence-corrected chi connectivity index (χ3v) is 8.40. The highest BCUT2D eigenvalue weighted by molar-refractivity contribution is 7.89. The lowest BCUT2D eigenvalue weighted by Crippen LogP contribution is -2.53. The van der Waals surface area contributed by atoms with Crippen LogP contribution in [0.15, 0.2) is 108 Å². The molecule has 0 bridgehead atoms. The standard InChI is InChI=1S/C31H33N3O4S/c1-3-32-31(36)29(20-24-12-6-4-7-13-24)34(22-25-14-8-5-9-15-25)30(35)23-33(2)39(37,38)28-19-18-26-16-10-11-17-27(26)21-28/h4-19,21,29H,3,20,22-23H2,1-2H3,(H,32,36)/t29-/m1/s1. The van der Waals surface area contributed by atoms with Gasteiger partial charge < -0.3 is 10.2 Å². The fourth-order valence-electron chi connectivity index (χ4n) is 4.50. The van der Waals surface area contributed by atoms with E-state index in [2.05, 4.69) is 5.32 Å². The first kappa shape index (κ1) is 28.0. The maximum absolute atomic E-state index is 13.8. The zero-order valence-electron chi connectivity index (χ0n) is 22.2. The minimum atomic E-state index is -3.96. The maximum atomic E-state index is 13.8. The zero-order chi connectivity index (χ0) is 27.8. The molecule has 0 saturated carbocycles. The molecule has 0 fully saturated rings. The van der Waals surface area contributed by atoms with Crippen molar-refractivity contribution in [2.45, 2.75) is 30.8 Å². The van der Waals surface area contributed by atoms with Crippen molar-refractivity contribution < 1.29 is 18.0 Å². The number of rotatable bonds is 11. The predicted molar refractivity (Wildman–Crippen MR) is 153 cm³/mol. The molecule has 7 nitrogen and oxygen atoms in total. The molecule has 1 atom stereocenters. The smallest absolute Gasteiger partial charge is 0.243 e. The third-order valence-electron chi connectivity index (χ3n) is 6.60. The van der Waals surface area contributed by atoms with Crippen LogP contribution >= 0.6 is 0 Å². The van der Waals surface area contributed by atoms with Crippen molar-refractivity contribution in [3.63, 3.8) is 0 Å². The normalized spacial score (nSPS) is 12.3. The van der Waals surface area contributed by atoms with Crippen molar-refractivity contribution in [2.75, 3.05) is 20.1 Å². The van der Waals surface area contributed by atoms with Crippen LogP contribution in [0.4, 0.5) is 0 Å². The minimum absolute atomic E-state index is 0.107. The summed E-state index contributed by atoms with van der Waals surface area (Å²) in [4.78, 5) is 28.7. The molecular weight excluding hydrogens is 510 g/mol. The Morgan fingerprint density at radius 2 is 1.38 bits per heavy atom. The summed E-state index contributed by atoms with van der Waals surface area (Å²) in [5.41, 5.74) is 1.74. The summed E-state index contributed by atoms with van der Waals surface area (Å²) in [6.07, 6.45) is 0.298. The van der Waals surface area contributed by atoms with Crippen LogP contribution < -0.4 is 5.32 Å². The van der Waals surface area contributed by atoms with Gasteiger partial charge in [0.1, 0.15) is 6.04 Å². The topological polar surface area (TPSA) is 86.8 Å². The molecule has 202 valence electrons. The Balaban J connectivity index is 1.64. The van der Waals surface area contributed by atoms with E-state index in [1.807, 2.05) is 91.9 Å². The van der Waals surface area contributed by atoms with Gasteiger partial charge in [0.2, 0.25) is 21.8 Å². The number of hydrogen-bond donors (Lipinski definition) is 1. The molecule has 0 aromatic heterocycles. The number of sulfonamides is 1. The molecule has 1 N–H and O–H groups in total. The molecular formula is C31H33N3O4S. The van der Waals surface area contributed by atoms with E-state index in [0.717, 1.165) is 26.2 Å².